The van der Waals surface area contributed by atoms with Gasteiger partial charge in [0.05, 0.1) is 34.6 Å². The normalized spacial score (nSPS) is 11.0. The summed E-state index contributed by atoms with van der Waals surface area (Å²) in [4.78, 5) is 0. The second-order valence-corrected chi connectivity index (χ2v) is 5.43. The average Bonchev–Trinajstić information content (AvgIpc) is 2.79. The Bertz CT molecular complexity index is 815. The lowest BCUT2D eigenvalue weighted by Gasteiger charge is -2.05. The molecule has 108 valence electrons. The van der Waals surface area contributed by atoms with E-state index in [9.17, 15) is 5.11 Å². The van der Waals surface area contributed by atoms with Crippen LogP contribution in [0.25, 0.3) is 10.9 Å². The number of aromatic nitrogens is 2. The molecule has 0 saturated carbocycles. The quantitative estimate of drug-likeness (QED) is 0.789. The molecule has 0 bridgehead atoms. The van der Waals surface area contributed by atoms with Gasteiger partial charge in [0.2, 0.25) is 5.88 Å². The summed E-state index contributed by atoms with van der Waals surface area (Å²) in [6.07, 6.45) is 0. The van der Waals surface area contributed by atoms with Crippen molar-refractivity contribution < 1.29 is 9.84 Å². The lowest BCUT2D eigenvalue weighted by atomic mass is 10.2. The summed E-state index contributed by atoms with van der Waals surface area (Å²) in [6.45, 7) is 0.486. The average molecular weight is 323 g/mol. The molecule has 1 aromatic heterocycles. The summed E-state index contributed by atoms with van der Waals surface area (Å²) in [5, 5.41) is 15.8. The Morgan fingerprint density at radius 1 is 1.14 bits per heavy atom. The minimum absolute atomic E-state index is 0.0241. The fourth-order valence-corrected chi connectivity index (χ4v) is 2.52. The van der Waals surface area contributed by atoms with Crippen molar-refractivity contribution in [3.63, 3.8) is 0 Å². The van der Waals surface area contributed by atoms with Gasteiger partial charge in [0.25, 0.3) is 0 Å². The number of hydrogen-bond acceptors (Lipinski definition) is 3. The van der Waals surface area contributed by atoms with E-state index in [1.54, 1.807) is 30.0 Å². The number of aromatic hydroxyl groups is 1. The summed E-state index contributed by atoms with van der Waals surface area (Å²) in [5.74, 6) is 0.649. The minimum Gasteiger partial charge on any atom is -0.497 e. The maximum atomic E-state index is 9.95. The van der Waals surface area contributed by atoms with Gasteiger partial charge >= 0.3 is 0 Å². The third kappa shape index (κ3) is 2.64. The molecule has 6 heteroatoms. The number of rotatable bonds is 3. The lowest BCUT2D eigenvalue weighted by Crippen LogP contribution is -2.01. The van der Waals surface area contributed by atoms with Gasteiger partial charge in [0, 0.05) is 0 Å². The van der Waals surface area contributed by atoms with Crippen molar-refractivity contribution >= 4 is 34.1 Å². The highest BCUT2D eigenvalue weighted by Gasteiger charge is 2.11. The second kappa shape index (κ2) is 5.47. The summed E-state index contributed by atoms with van der Waals surface area (Å²) < 4.78 is 6.87. The lowest BCUT2D eigenvalue weighted by molar-refractivity contribution is 0.415. The molecule has 0 aliphatic rings. The zero-order chi connectivity index (χ0) is 15.0. The van der Waals surface area contributed by atoms with Crippen LogP contribution in [0.2, 0.25) is 10.0 Å². The number of nitrogens with zero attached hydrogens (tertiary/aromatic N) is 2. The number of hydrogen-bond donors (Lipinski definition) is 1. The number of ether oxygens (including phenoxy) is 1. The van der Waals surface area contributed by atoms with E-state index in [0.717, 1.165) is 11.1 Å². The Morgan fingerprint density at radius 2 is 1.95 bits per heavy atom. The molecule has 0 fully saturated rings. The molecule has 4 nitrogen and oxygen atoms in total. The van der Waals surface area contributed by atoms with E-state index in [1.165, 1.54) is 0 Å². The van der Waals surface area contributed by atoms with E-state index in [0.29, 0.717) is 27.7 Å². The summed E-state index contributed by atoms with van der Waals surface area (Å²) in [7, 11) is 1.58. The molecule has 0 amide bonds. The highest BCUT2D eigenvalue weighted by molar-refractivity contribution is 6.42. The third-order valence-electron chi connectivity index (χ3n) is 3.25. The van der Waals surface area contributed by atoms with Crippen LogP contribution in [0.3, 0.4) is 0 Å². The van der Waals surface area contributed by atoms with Gasteiger partial charge in [0.15, 0.2) is 0 Å². The molecule has 2 aromatic carbocycles. The first-order valence-corrected chi connectivity index (χ1v) is 7.01. The Hall–Kier alpha value is -1.91. The summed E-state index contributed by atoms with van der Waals surface area (Å²) in [6, 6.07) is 10.9. The van der Waals surface area contributed by atoms with Crippen molar-refractivity contribution in [3.8, 4) is 11.6 Å². The molecule has 21 heavy (non-hydrogen) atoms. The van der Waals surface area contributed by atoms with Gasteiger partial charge in [-0.05, 0) is 35.9 Å². The monoisotopic (exact) mass is 322 g/mol. The first kappa shape index (κ1) is 14.0. The van der Waals surface area contributed by atoms with E-state index in [4.69, 9.17) is 27.9 Å². The van der Waals surface area contributed by atoms with Gasteiger partial charge in [-0.1, -0.05) is 29.3 Å². The predicted octanol–water partition coefficient (Wildman–Crippen LogP) is 4.11. The van der Waals surface area contributed by atoms with Crippen molar-refractivity contribution in [2.75, 3.05) is 7.11 Å². The smallest absolute Gasteiger partial charge is 0.238 e. The molecule has 0 aliphatic carbocycles. The van der Waals surface area contributed by atoms with Gasteiger partial charge in [-0.25, -0.2) is 0 Å². The van der Waals surface area contributed by atoms with Crippen LogP contribution in [-0.2, 0) is 6.54 Å². The molecular weight excluding hydrogens is 311 g/mol. The van der Waals surface area contributed by atoms with Crippen LogP contribution in [0.5, 0.6) is 11.6 Å². The van der Waals surface area contributed by atoms with Crippen LogP contribution < -0.4 is 4.74 Å². The maximum absolute atomic E-state index is 9.95. The van der Waals surface area contributed by atoms with Gasteiger partial charge in [-0.15, -0.1) is 5.10 Å². The largest absolute Gasteiger partial charge is 0.497 e. The van der Waals surface area contributed by atoms with Crippen LogP contribution in [0.1, 0.15) is 5.56 Å². The van der Waals surface area contributed by atoms with Crippen molar-refractivity contribution in [1.82, 2.24) is 9.78 Å². The zero-order valence-electron chi connectivity index (χ0n) is 11.2. The molecule has 0 spiro atoms. The van der Waals surface area contributed by atoms with Crippen LogP contribution in [-0.4, -0.2) is 22.0 Å². The maximum Gasteiger partial charge on any atom is 0.238 e. The summed E-state index contributed by atoms with van der Waals surface area (Å²) in [5.41, 5.74) is 1.77. The van der Waals surface area contributed by atoms with Crippen molar-refractivity contribution in [2.24, 2.45) is 0 Å². The van der Waals surface area contributed by atoms with Crippen LogP contribution in [0.4, 0.5) is 0 Å². The van der Waals surface area contributed by atoms with Crippen molar-refractivity contribution in [2.45, 2.75) is 6.54 Å². The van der Waals surface area contributed by atoms with Gasteiger partial charge in [-0.3, -0.25) is 4.68 Å². The number of benzene rings is 2. The molecule has 0 unspecified atom stereocenters. The Labute approximate surface area is 131 Å². The number of halogens is 2. The minimum atomic E-state index is -0.0241. The second-order valence-electron chi connectivity index (χ2n) is 4.61. The fourth-order valence-electron chi connectivity index (χ4n) is 2.20. The molecule has 3 aromatic rings. The van der Waals surface area contributed by atoms with Crippen LogP contribution in [0.15, 0.2) is 36.4 Å². The standard InChI is InChI=1S/C15H12Cl2N2O2/c1-21-10-3-5-14-11(7-10)15(20)18-19(14)8-9-2-4-12(16)13(17)6-9/h2-7H,8H2,1H3,(H,18,20). The van der Waals surface area contributed by atoms with Crippen LogP contribution in [0, 0.1) is 0 Å². The summed E-state index contributed by atoms with van der Waals surface area (Å²) >= 11 is 11.9. The molecule has 0 aliphatic heterocycles. The first-order chi connectivity index (χ1) is 10.1. The predicted molar refractivity (Wildman–Crippen MR) is 83.5 cm³/mol. The highest BCUT2D eigenvalue weighted by Crippen LogP contribution is 2.29. The molecular formula is C15H12Cl2N2O2. The number of fused-ring (bicyclic) bond motifs is 1. The number of methoxy groups -OCH3 is 1. The highest BCUT2D eigenvalue weighted by atomic mass is 35.5. The Balaban J connectivity index is 2.02. The van der Waals surface area contributed by atoms with E-state index in [-0.39, 0.29) is 5.88 Å². The van der Waals surface area contributed by atoms with Gasteiger partial charge < -0.3 is 9.84 Å². The molecule has 0 atom stereocenters. The van der Waals surface area contributed by atoms with Crippen LogP contribution >= 0.6 is 23.2 Å². The van der Waals surface area contributed by atoms with E-state index in [2.05, 4.69) is 5.10 Å². The van der Waals surface area contributed by atoms with E-state index in [1.807, 2.05) is 18.2 Å². The van der Waals surface area contributed by atoms with E-state index >= 15 is 0 Å². The molecule has 0 radical (unpaired) electrons. The zero-order valence-corrected chi connectivity index (χ0v) is 12.7. The topological polar surface area (TPSA) is 47.3 Å². The van der Waals surface area contributed by atoms with E-state index < -0.39 is 0 Å². The molecule has 0 saturated heterocycles. The molecule has 1 N–H and O–H groups in total. The SMILES string of the molecule is COc1ccc2c(c1)c(O)nn2Cc1ccc(Cl)c(Cl)c1. The Kier molecular flexibility index (Phi) is 3.66. The fraction of sp³-hybridized carbons (Fsp3) is 0.133. The first-order valence-electron chi connectivity index (χ1n) is 6.26. The molecule has 3 rings (SSSR count). The van der Waals surface area contributed by atoms with Gasteiger partial charge in [-0.2, -0.15) is 0 Å². The molecule has 1 heterocycles. The van der Waals surface area contributed by atoms with Crippen molar-refractivity contribution in [1.29, 1.82) is 0 Å². The Morgan fingerprint density at radius 3 is 2.67 bits per heavy atom. The van der Waals surface area contributed by atoms with Crippen molar-refractivity contribution in [3.05, 3.63) is 52.0 Å². The third-order valence-corrected chi connectivity index (χ3v) is 3.99. The van der Waals surface area contributed by atoms with Gasteiger partial charge in [0.1, 0.15) is 5.75 Å².